The number of carbonyl (C=O) groups is 1. The molecule has 0 amide bonds. The number of hydrogen-bond donors (Lipinski definition) is 1. The lowest BCUT2D eigenvalue weighted by Crippen LogP contribution is -2.31. The van der Waals surface area contributed by atoms with Gasteiger partial charge >= 0.3 is 5.97 Å². The van der Waals surface area contributed by atoms with E-state index in [2.05, 4.69) is 26.7 Å². The molecule has 0 spiro atoms. The molecule has 0 aromatic carbocycles. The number of nitrogens with zero attached hydrogens (tertiary/aromatic N) is 4. The van der Waals surface area contributed by atoms with Crippen LogP contribution >= 0.6 is 0 Å². The monoisotopic (exact) mass is 264 g/mol. The molecule has 3 rings (SSSR count). The first-order valence-electron chi connectivity index (χ1n) is 7.01. The first kappa shape index (κ1) is 12.6. The van der Waals surface area contributed by atoms with Gasteiger partial charge in [-0.1, -0.05) is 0 Å². The highest BCUT2D eigenvalue weighted by atomic mass is 16.4. The van der Waals surface area contributed by atoms with Crippen LogP contribution in [0.5, 0.6) is 0 Å². The van der Waals surface area contributed by atoms with Crippen molar-refractivity contribution < 1.29 is 9.90 Å². The van der Waals surface area contributed by atoms with Crippen LogP contribution in [0.2, 0.25) is 0 Å². The predicted molar refractivity (Wildman–Crippen MR) is 69.1 cm³/mol. The summed E-state index contributed by atoms with van der Waals surface area (Å²) >= 11 is 0. The lowest BCUT2D eigenvalue weighted by Gasteiger charge is -2.29. The van der Waals surface area contributed by atoms with Crippen molar-refractivity contribution in [3.05, 3.63) is 11.6 Å². The summed E-state index contributed by atoms with van der Waals surface area (Å²) in [6.45, 7) is 3.03. The fourth-order valence-electron chi connectivity index (χ4n) is 3.20. The number of carboxylic acids is 1. The molecule has 104 valence electrons. The highest BCUT2D eigenvalue weighted by Crippen LogP contribution is 2.32. The Balaban J connectivity index is 1.86. The Labute approximate surface area is 112 Å². The summed E-state index contributed by atoms with van der Waals surface area (Å²) < 4.78 is 2.07. The largest absolute Gasteiger partial charge is 0.481 e. The van der Waals surface area contributed by atoms with Gasteiger partial charge in [0, 0.05) is 12.5 Å². The number of aromatic nitrogens is 3. The summed E-state index contributed by atoms with van der Waals surface area (Å²) in [5, 5.41) is 17.7. The molecule has 19 heavy (non-hydrogen) atoms. The van der Waals surface area contributed by atoms with Gasteiger partial charge in [0.1, 0.15) is 17.6 Å². The zero-order valence-electron chi connectivity index (χ0n) is 11.2. The molecule has 0 radical (unpaired) electrons. The number of hydrogen-bond acceptors (Lipinski definition) is 4. The second-order valence-corrected chi connectivity index (χ2v) is 5.68. The predicted octanol–water partition coefficient (Wildman–Crippen LogP) is 1.05. The van der Waals surface area contributed by atoms with Crippen molar-refractivity contribution in [1.29, 1.82) is 0 Å². The Morgan fingerprint density at radius 3 is 2.53 bits per heavy atom. The topological polar surface area (TPSA) is 71.2 Å². The van der Waals surface area contributed by atoms with Crippen molar-refractivity contribution in [3.8, 4) is 0 Å². The highest BCUT2D eigenvalue weighted by Gasteiger charge is 2.33. The minimum atomic E-state index is -0.775. The molecule has 2 aliphatic rings. The van der Waals surface area contributed by atoms with E-state index >= 15 is 0 Å². The lowest BCUT2D eigenvalue weighted by atomic mass is 9.94. The summed E-state index contributed by atoms with van der Waals surface area (Å²) in [7, 11) is 2.13. The molecule has 1 fully saturated rings. The molecule has 1 N–H and O–H groups in total. The normalized spacial score (nSPS) is 25.2. The molecule has 3 heterocycles. The second kappa shape index (κ2) is 4.92. The van der Waals surface area contributed by atoms with Crippen molar-refractivity contribution in [1.82, 2.24) is 19.7 Å². The maximum Gasteiger partial charge on any atom is 0.314 e. The van der Waals surface area contributed by atoms with Gasteiger partial charge in [0.2, 0.25) is 0 Å². The van der Waals surface area contributed by atoms with E-state index in [1.54, 1.807) is 0 Å². The molecular formula is C13H20N4O2. The molecule has 6 heteroatoms. The number of aliphatic carboxylic acids is 1. The van der Waals surface area contributed by atoms with Crippen LogP contribution in [0.3, 0.4) is 0 Å². The van der Waals surface area contributed by atoms with Crippen LogP contribution in [-0.4, -0.2) is 50.9 Å². The van der Waals surface area contributed by atoms with E-state index in [0.29, 0.717) is 18.2 Å². The van der Waals surface area contributed by atoms with E-state index in [9.17, 15) is 9.90 Å². The Hall–Kier alpha value is -1.43. The minimum absolute atomic E-state index is 0.435. The summed E-state index contributed by atoms with van der Waals surface area (Å²) in [6, 6.07) is 0. The van der Waals surface area contributed by atoms with Crippen molar-refractivity contribution in [2.45, 2.75) is 44.1 Å². The maximum atomic E-state index is 11.3. The molecule has 1 atom stereocenters. The fraction of sp³-hybridized carbons (Fsp3) is 0.769. The first-order chi connectivity index (χ1) is 9.16. The summed E-state index contributed by atoms with van der Waals surface area (Å²) in [4.78, 5) is 13.6. The Morgan fingerprint density at radius 1 is 1.16 bits per heavy atom. The van der Waals surface area contributed by atoms with Gasteiger partial charge in [-0.05, 0) is 45.8 Å². The number of likely N-dealkylation sites (tertiary alicyclic amines) is 1. The van der Waals surface area contributed by atoms with E-state index < -0.39 is 11.9 Å². The quantitative estimate of drug-likeness (QED) is 0.864. The molecule has 0 saturated carbocycles. The number of carboxylic acid groups (broad SMARTS) is 1. The van der Waals surface area contributed by atoms with Gasteiger partial charge in [-0.2, -0.15) is 0 Å². The zero-order chi connectivity index (χ0) is 13.4. The average Bonchev–Trinajstić information content (AvgIpc) is 2.83. The first-order valence-corrected chi connectivity index (χ1v) is 7.01. The number of piperidine rings is 1. The van der Waals surface area contributed by atoms with E-state index in [-0.39, 0.29) is 0 Å². The van der Waals surface area contributed by atoms with Gasteiger partial charge in [-0.25, -0.2) is 0 Å². The van der Waals surface area contributed by atoms with Crippen molar-refractivity contribution >= 4 is 5.97 Å². The third-order valence-electron chi connectivity index (χ3n) is 4.38. The van der Waals surface area contributed by atoms with Crippen LogP contribution in [0.1, 0.15) is 49.2 Å². The molecular weight excluding hydrogens is 244 g/mol. The summed E-state index contributed by atoms with van der Waals surface area (Å²) in [5.74, 6) is 0.858. The van der Waals surface area contributed by atoms with E-state index in [1.807, 2.05) is 0 Å². The Kier molecular flexibility index (Phi) is 3.26. The van der Waals surface area contributed by atoms with E-state index in [0.717, 1.165) is 44.7 Å². The van der Waals surface area contributed by atoms with Gasteiger partial charge in [0.05, 0.1) is 0 Å². The standard InChI is InChI=1S/C13H20N4O2/c1-16-7-4-9(5-8-16)11-14-15-12-10(13(18)19)3-2-6-17(11)12/h9-10H,2-8H2,1H3,(H,18,19). The molecule has 0 bridgehead atoms. The molecule has 2 aliphatic heterocycles. The van der Waals surface area contributed by atoms with Crippen molar-refractivity contribution in [3.63, 3.8) is 0 Å². The van der Waals surface area contributed by atoms with Crippen LogP contribution in [-0.2, 0) is 11.3 Å². The zero-order valence-corrected chi connectivity index (χ0v) is 11.2. The third kappa shape index (κ3) is 2.25. The Morgan fingerprint density at radius 2 is 1.84 bits per heavy atom. The van der Waals surface area contributed by atoms with Crippen molar-refractivity contribution in [2.24, 2.45) is 0 Å². The van der Waals surface area contributed by atoms with Crippen LogP contribution in [0, 0.1) is 0 Å². The summed E-state index contributed by atoms with van der Waals surface area (Å²) in [5.41, 5.74) is 0. The van der Waals surface area contributed by atoms with Gasteiger partial charge in [0.25, 0.3) is 0 Å². The summed E-state index contributed by atoms with van der Waals surface area (Å²) in [6.07, 6.45) is 3.77. The molecule has 1 saturated heterocycles. The van der Waals surface area contributed by atoms with Gasteiger partial charge < -0.3 is 14.6 Å². The van der Waals surface area contributed by atoms with E-state index in [1.165, 1.54) is 0 Å². The molecule has 1 aromatic rings. The number of rotatable bonds is 2. The molecule has 6 nitrogen and oxygen atoms in total. The van der Waals surface area contributed by atoms with Crippen LogP contribution < -0.4 is 0 Å². The highest BCUT2D eigenvalue weighted by molar-refractivity contribution is 5.75. The van der Waals surface area contributed by atoms with Crippen LogP contribution in [0.4, 0.5) is 0 Å². The molecule has 0 aliphatic carbocycles. The van der Waals surface area contributed by atoms with E-state index in [4.69, 9.17) is 0 Å². The van der Waals surface area contributed by atoms with Crippen LogP contribution in [0.25, 0.3) is 0 Å². The fourth-order valence-corrected chi connectivity index (χ4v) is 3.20. The van der Waals surface area contributed by atoms with Gasteiger partial charge in [-0.3, -0.25) is 4.79 Å². The minimum Gasteiger partial charge on any atom is -0.481 e. The SMILES string of the molecule is CN1CCC(c2nnc3n2CCCC3C(=O)O)CC1. The van der Waals surface area contributed by atoms with Crippen LogP contribution in [0.15, 0.2) is 0 Å². The lowest BCUT2D eigenvalue weighted by molar-refractivity contribution is -0.139. The Bertz CT molecular complexity index is 477. The van der Waals surface area contributed by atoms with Gasteiger partial charge in [-0.15, -0.1) is 10.2 Å². The van der Waals surface area contributed by atoms with Crippen molar-refractivity contribution in [2.75, 3.05) is 20.1 Å². The second-order valence-electron chi connectivity index (χ2n) is 5.68. The maximum absolute atomic E-state index is 11.3. The molecule has 1 unspecified atom stereocenters. The smallest absolute Gasteiger partial charge is 0.314 e. The average molecular weight is 264 g/mol. The third-order valence-corrected chi connectivity index (χ3v) is 4.38. The number of fused-ring (bicyclic) bond motifs is 1. The molecule has 1 aromatic heterocycles. The van der Waals surface area contributed by atoms with Gasteiger partial charge in [0.15, 0.2) is 0 Å².